The topological polar surface area (TPSA) is 198 Å². The van der Waals surface area contributed by atoms with Gasteiger partial charge in [0.1, 0.15) is 12.8 Å². The molecule has 0 aromatic heterocycles. The maximum Gasteiger partial charge on any atom is 0.320 e. The first-order valence-electron chi connectivity index (χ1n) is 10.0. The quantitative estimate of drug-likeness (QED) is 0.108. The summed E-state index contributed by atoms with van der Waals surface area (Å²) in [7, 11) is 0. The zero-order chi connectivity index (χ0) is 25.3. The Balaban J connectivity index is 1.86. The number of ether oxygens (including phenoxy) is 6. The Morgan fingerprint density at radius 3 is 1.65 bits per heavy atom. The number of esters is 6. The summed E-state index contributed by atoms with van der Waals surface area (Å²) in [4.78, 5) is 70.4. The van der Waals surface area contributed by atoms with E-state index in [9.17, 15) is 28.8 Å². The summed E-state index contributed by atoms with van der Waals surface area (Å²) in [5, 5.41) is 16.9. The Labute approximate surface area is 192 Å². The van der Waals surface area contributed by atoms with Crippen molar-refractivity contribution in [3.63, 3.8) is 0 Å². The third-order valence-corrected chi connectivity index (χ3v) is 5.28. The lowest BCUT2D eigenvalue weighted by Crippen LogP contribution is -2.37. The van der Waals surface area contributed by atoms with Crippen LogP contribution in [0.15, 0.2) is 11.6 Å². The van der Waals surface area contributed by atoms with Gasteiger partial charge in [0.15, 0.2) is 13.6 Å². The van der Waals surface area contributed by atoms with Crippen molar-refractivity contribution in [2.45, 2.75) is 26.2 Å². The van der Waals surface area contributed by atoms with Crippen LogP contribution >= 0.6 is 0 Å². The number of fused-ring (bicyclic) bond motifs is 2. The Kier molecular flexibility index (Phi) is 9.94. The van der Waals surface area contributed by atoms with Crippen LogP contribution in [0.5, 0.6) is 0 Å². The van der Waals surface area contributed by atoms with Crippen molar-refractivity contribution in [3.05, 3.63) is 11.6 Å². The lowest BCUT2D eigenvalue weighted by atomic mass is 9.80. The van der Waals surface area contributed by atoms with Gasteiger partial charge in [-0.05, 0) is 25.2 Å². The largest absolute Gasteiger partial charge is 0.438 e. The van der Waals surface area contributed by atoms with Crippen LogP contribution < -0.4 is 0 Å². The third-order valence-electron chi connectivity index (χ3n) is 5.28. The fourth-order valence-corrected chi connectivity index (χ4v) is 3.92. The second-order valence-corrected chi connectivity index (χ2v) is 7.31. The van der Waals surface area contributed by atoms with Crippen LogP contribution in [0.1, 0.15) is 26.2 Å². The van der Waals surface area contributed by atoms with E-state index < -0.39 is 87.7 Å². The van der Waals surface area contributed by atoms with Crippen molar-refractivity contribution in [2.75, 3.05) is 27.2 Å². The van der Waals surface area contributed by atoms with Gasteiger partial charge in [0.2, 0.25) is 13.6 Å². The Hall–Kier alpha value is -3.52. The smallest absolute Gasteiger partial charge is 0.320 e. The predicted octanol–water partition coefficient (Wildman–Crippen LogP) is -1.33. The summed E-state index contributed by atoms with van der Waals surface area (Å²) < 4.78 is 27.5. The molecule has 0 heterocycles. The number of aliphatic hydroxyl groups excluding tert-OH is 2. The molecule has 0 spiro atoms. The van der Waals surface area contributed by atoms with Gasteiger partial charge in [-0.2, -0.15) is 0 Å². The van der Waals surface area contributed by atoms with E-state index in [2.05, 4.69) is 18.9 Å². The van der Waals surface area contributed by atoms with Crippen LogP contribution in [-0.4, -0.2) is 73.2 Å². The lowest BCUT2D eigenvalue weighted by molar-refractivity contribution is -0.182. The molecular formula is C20H24O14. The predicted molar refractivity (Wildman–Crippen MR) is 102 cm³/mol. The standard InChI is InChI=1S/C20H24O14/c1-10-2-11-3-12(10)18(20(28)34-9-32-16(26)5-14(24)30-7-22)17(11)19(27)33-8-31-15(25)4-13(23)29-6-21/h2,11-12,17-18,21-22H,3-9H2,1H3. The van der Waals surface area contributed by atoms with Crippen LogP contribution in [0.4, 0.5) is 0 Å². The monoisotopic (exact) mass is 488 g/mol. The molecule has 2 aliphatic rings. The molecule has 2 N–H and O–H groups in total. The molecule has 2 bridgehead atoms. The van der Waals surface area contributed by atoms with Gasteiger partial charge >= 0.3 is 35.8 Å². The van der Waals surface area contributed by atoms with Gasteiger partial charge in [0.05, 0.1) is 11.8 Å². The van der Waals surface area contributed by atoms with Crippen LogP contribution in [0.25, 0.3) is 0 Å². The van der Waals surface area contributed by atoms with Gasteiger partial charge in [-0.25, -0.2) is 0 Å². The van der Waals surface area contributed by atoms with Gasteiger partial charge in [0.25, 0.3) is 0 Å². The molecule has 34 heavy (non-hydrogen) atoms. The van der Waals surface area contributed by atoms with E-state index in [-0.39, 0.29) is 11.8 Å². The second kappa shape index (κ2) is 12.6. The highest BCUT2D eigenvalue weighted by atomic mass is 16.7. The minimum atomic E-state index is -1.05. The molecule has 0 aliphatic heterocycles. The highest BCUT2D eigenvalue weighted by Gasteiger charge is 2.55. The molecule has 4 atom stereocenters. The number of carbonyl (C=O) groups excluding carboxylic acids is 6. The molecule has 14 nitrogen and oxygen atoms in total. The summed E-state index contributed by atoms with van der Waals surface area (Å²) in [5.41, 5.74) is 0.883. The number of hydrogen-bond acceptors (Lipinski definition) is 14. The van der Waals surface area contributed by atoms with Crippen LogP contribution in [-0.2, 0) is 57.2 Å². The van der Waals surface area contributed by atoms with Crippen molar-refractivity contribution in [3.8, 4) is 0 Å². The van der Waals surface area contributed by atoms with Gasteiger partial charge in [-0.15, -0.1) is 0 Å². The SMILES string of the molecule is CC1=CC2CC1C(C(=O)OCOC(=O)CC(=O)OCO)C2C(=O)OCOC(=O)CC(=O)OCO. The molecule has 4 unspecified atom stereocenters. The Morgan fingerprint density at radius 2 is 1.18 bits per heavy atom. The van der Waals surface area contributed by atoms with E-state index in [1.165, 1.54) is 0 Å². The summed E-state index contributed by atoms with van der Waals surface area (Å²) in [6.45, 7) is -1.60. The number of allylic oxidation sites excluding steroid dienone is 2. The first-order chi connectivity index (χ1) is 16.2. The van der Waals surface area contributed by atoms with Crippen molar-refractivity contribution >= 4 is 35.8 Å². The molecule has 1 saturated carbocycles. The molecular weight excluding hydrogens is 464 g/mol. The van der Waals surface area contributed by atoms with E-state index in [1.807, 2.05) is 6.08 Å². The molecule has 2 rings (SSSR count). The highest BCUT2D eigenvalue weighted by molar-refractivity contribution is 5.91. The summed E-state index contributed by atoms with van der Waals surface area (Å²) >= 11 is 0. The molecule has 0 aromatic carbocycles. The van der Waals surface area contributed by atoms with E-state index >= 15 is 0 Å². The number of rotatable bonds is 12. The number of aliphatic hydroxyl groups is 2. The fourth-order valence-electron chi connectivity index (χ4n) is 3.92. The van der Waals surface area contributed by atoms with Gasteiger partial charge < -0.3 is 38.6 Å². The normalized spacial score (nSPS) is 22.3. The lowest BCUT2D eigenvalue weighted by Gasteiger charge is -2.26. The van der Waals surface area contributed by atoms with Crippen LogP contribution in [0.2, 0.25) is 0 Å². The molecule has 0 radical (unpaired) electrons. The van der Waals surface area contributed by atoms with Crippen molar-refractivity contribution in [1.82, 2.24) is 0 Å². The highest BCUT2D eigenvalue weighted by Crippen LogP contribution is 2.52. The van der Waals surface area contributed by atoms with E-state index in [4.69, 9.17) is 19.7 Å². The van der Waals surface area contributed by atoms with E-state index in [1.54, 1.807) is 6.92 Å². The fraction of sp³-hybridized carbons (Fsp3) is 0.600. The Morgan fingerprint density at radius 1 is 0.735 bits per heavy atom. The molecule has 0 saturated heterocycles. The minimum Gasteiger partial charge on any atom is -0.438 e. The van der Waals surface area contributed by atoms with Crippen molar-refractivity contribution in [1.29, 1.82) is 0 Å². The van der Waals surface area contributed by atoms with E-state index in [0.29, 0.717) is 6.42 Å². The molecule has 14 heteroatoms. The van der Waals surface area contributed by atoms with E-state index in [0.717, 1.165) is 5.57 Å². The van der Waals surface area contributed by atoms with Crippen molar-refractivity contribution in [2.24, 2.45) is 23.7 Å². The molecule has 0 aromatic rings. The van der Waals surface area contributed by atoms with Crippen molar-refractivity contribution < 1.29 is 67.4 Å². The molecule has 2 aliphatic carbocycles. The van der Waals surface area contributed by atoms with Gasteiger partial charge in [-0.3, -0.25) is 28.8 Å². The number of carbonyl (C=O) groups is 6. The molecule has 188 valence electrons. The zero-order valence-corrected chi connectivity index (χ0v) is 18.1. The summed E-state index contributed by atoms with van der Waals surface area (Å²) in [5.74, 6) is -8.29. The third kappa shape index (κ3) is 7.25. The van der Waals surface area contributed by atoms with Gasteiger partial charge in [-0.1, -0.05) is 11.6 Å². The minimum absolute atomic E-state index is 0.305. The van der Waals surface area contributed by atoms with Gasteiger partial charge in [0, 0.05) is 0 Å². The molecule has 1 fully saturated rings. The Bertz CT molecular complexity index is 846. The first-order valence-corrected chi connectivity index (χ1v) is 10.0. The maximum absolute atomic E-state index is 12.6. The summed E-state index contributed by atoms with van der Waals surface area (Å²) in [6.07, 6.45) is 0.744. The number of hydrogen-bond donors (Lipinski definition) is 2. The maximum atomic E-state index is 12.6. The second-order valence-electron chi connectivity index (χ2n) is 7.31. The summed E-state index contributed by atoms with van der Waals surface area (Å²) in [6, 6.07) is 0. The first kappa shape index (κ1) is 26.7. The average molecular weight is 488 g/mol. The zero-order valence-electron chi connectivity index (χ0n) is 18.1. The van der Waals surface area contributed by atoms with Crippen LogP contribution in [0, 0.1) is 23.7 Å². The average Bonchev–Trinajstić information content (AvgIpc) is 3.30. The molecule has 0 amide bonds. The van der Waals surface area contributed by atoms with Crippen LogP contribution in [0.3, 0.4) is 0 Å².